The summed E-state index contributed by atoms with van der Waals surface area (Å²) in [4.78, 5) is 29.5. The predicted molar refractivity (Wildman–Crippen MR) is 101 cm³/mol. The third kappa shape index (κ3) is 3.67. The van der Waals surface area contributed by atoms with Crippen LogP contribution in [-0.2, 0) is 16.1 Å². The number of thiophene rings is 1. The molecule has 2 amide bonds. The van der Waals surface area contributed by atoms with Crippen LogP contribution in [-0.4, -0.2) is 46.6 Å². The number of amides is 2. The molecule has 1 aromatic heterocycles. The zero-order valence-electron chi connectivity index (χ0n) is 14.0. The molecule has 132 valence electrons. The summed E-state index contributed by atoms with van der Waals surface area (Å²) in [7, 11) is 0. The largest absolute Gasteiger partial charge is 0.339 e. The molecule has 2 aliphatic rings. The number of benzene rings is 1. The van der Waals surface area contributed by atoms with Crippen LogP contribution in [0, 0.1) is 5.92 Å². The number of likely N-dealkylation sites (tertiary alicyclic amines) is 1. The van der Waals surface area contributed by atoms with Gasteiger partial charge in [0.1, 0.15) is 5.88 Å². The molecule has 1 unspecified atom stereocenters. The SMILES string of the molecule is O=C(CCl)N(Cc1cc2ccccc2s1)CC1CC(=O)N(C2CC2)C1. The van der Waals surface area contributed by atoms with Gasteiger partial charge in [-0.1, -0.05) is 18.2 Å². The Morgan fingerprint density at radius 1 is 1.32 bits per heavy atom. The lowest BCUT2D eigenvalue weighted by Crippen LogP contribution is -2.36. The molecular weight excluding hydrogens is 356 g/mol. The second kappa shape index (κ2) is 6.96. The van der Waals surface area contributed by atoms with Crippen molar-refractivity contribution in [3.05, 3.63) is 35.2 Å². The van der Waals surface area contributed by atoms with E-state index in [1.165, 1.54) is 10.1 Å². The fourth-order valence-corrected chi connectivity index (χ4v) is 4.87. The molecule has 1 atom stereocenters. The topological polar surface area (TPSA) is 40.6 Å². The average molecular weight is 377 g/mol. The Morgan fingerprint density at radius 3 is 2.84 bits per heavy atom. The van der Waals surface area contributed by atoms with Crippen LogP contribution in [0.3, 0.4) is 0 Å². The molecule has 0 radical (unpaired) electrons. The minimum atomic E-state index is -0.0588. The molecule has 6 heteroatoms. The highest BCUT2D eigenvalue weighted by Gasteiger charge is 2.40. The van der Waals surface area contributed by atoms with E-state index in [2.05, 4.69) is 18.2 Å². The van der Waals surface area contributed by atoms with Gasteiger partial charge in [-0.15, -0.1) is 22.9 Å². The lowest BCUT2D eigenvalue weighted by atomic mass is 10.1. The number of carbonyl (C=O) groups excluding carboxylic acids is 2. The van der Waals surface area contributed by atoms with E-state index in [9.17, 15) is 9.59 Å². The molecule has 1 saturated carbocycles. The van der Waals surface area contributed by atoms with Crippen LogP contribution in [0.4, 0.5) is 0 Å². The maximum absolute atomic E-state index is 12.3. The predicted octanol–water partition coefficient (Wildman–Crippen LogP) is 3.48. The number of alkyl halides is 1. The maximum atomic E-state index is 12.3. The second-order valence-electron chi connectivity index (χ2n) is 7.01. The lowest BCUT2D eigenvalue weighted by Gasteiger charge is -2.24. The maximum Gasteiger partial charge on any atom is 0.237 e. The summed E-state index contributed by atoms with van der Waals surface area (Å²) in [5.74, 6) is 0.386. The fraction of sp³-hybridized carbons (Fsp3) is 0.474. The van der Waals surface area contributed by atoms with Crippen molar-refractivity contribution in [2.75, 3.05) is 19.0 Å². The van der Waals surface area contributed by atoms with E-state index in [0.29, 0.717) is 25.6 Å². The molecule has 1 saturated heterocycles. The van der Waals surface area contributed by atoms with E-state index in [0.717, 1.165) is 24.3 Å². The van der Waals surface area contributed by atoms with Gasteiger partial charge in [-0.2, -0.15) is 0 Å². The number of hydrogen-bond acceptors (Lipinski definition) is 3. The van der Waals surface area contributed by atoms with Gasteiger partial charge in [-0.3, -0.25) is 9.59 Å². The van der Waals surface area contributed by atoms with E-state index in [1.807, 2.05) is 21.9 Å². The van der Waals surface area contributed by atoms with E-state index in [4.69, 9.17) is 11.6 Å². The van der Waals surface area contributed by atoms with E-state index >= 15 is 0 Å². The Hall–Kier alpha value is -1.59. The summed E-state index contributed by atoms with van der Waals surface area (Å²) < 4.78 is 1.23. The third-order valence-corrected chi connectivity index (χ3v) is 6.32. The number of hydrogen-bond donors (Lipinski definition) is 0. The molecule has 1 aliphatic carbocycles. The first-order chi connectivity index (χ1) is 12.1. The minimum Gasteiger partial charge on any atom is -0.339 e. The zero-order valence-corrected chi connectivity index (χ0v) is 15.6. The summed E-state index contributed by atoms with van der Waals surface area (Å²) in [6.07, 6.45) is 2.81. The van der Waals surface area contributed by atoms with Crippen molar-refractivity contribution in [2.24, 2.45) is 5.92 Å². The van der Waals surface area contributed by atoms with Crippen molar-refractivity contribution in [3.63, 3.8) is 0 Å². The van der Waals surface area contributed by atoms with Crippen molar-refractivity contribution < 1.29 is 9.59 Å². The standard InChI is InChI=1S/C19H21ClN2O2S/c20-9-19(24)21(10-13-7-18(23)22(11-13)15-5-6-15)12-16-8-14-3-1-2-4-17(14)25-16/h1-4,8,13,15H,5-7,9-12H2. The molecule has 0 bridgehead atoms. The smallest absolute Gasteiger partial charge is 0.237 e. The van der Waals surface area contributed by atoms with Crippen LogP contribution in [0.2, 0.25) is 0 Å². The van der Waals surface area contributed by atoms with Crippen LogP contribution >= 0.6 is 22.9 Å². The Labute approximate surface area is 156 Å². The van der Waals surface area contributed by atoms with Crippen LogP contribution in [0.1, 0.15) is 24.1 Å². The monoisotopic (exact) mass is 376 g/mol. The van der Waals surface area contributed by atoms with Crippen LogP contribution in [0.15, 0.2) is 30.3 Å². The molecule has 1 aromatic carbocycles. The summed E-state index contributed by atoms with van der Waals surface area (Å²) in [5.41, 5.74) is 0. The number of halogens is 1. The molecule has 2 heterocycles. The van der Waals surface area contributed by atoms with Gasteiger partial charge in [0.2, 0.25) is 11.8 Å². The van der Waals surface area contributed by atoms with E-state index in [-0.39, 0.29) is 23.6 Å². The summed E-state index contributed by atoms with van der Waals surface area (Å²) in [6, 6.07) is 10.8. The normalized spacial score (nSPS) is 20.4. The van der Waals surface area contributed by atoms with Crippen molar-refractivity contribution >= 4 is 44.8 Å². The van der Waals surface area contributed by atoms with Gasteiger partial charge in [-0.25, -0.2) is 0 Å². The van der Waals surface area contributed by atoms with Crippen LogP contribution < -0.4 is 0 Å². The summed E-state index contributed by atoms with van der Waals surface area (Å²) in [6.45, 7) is 1.95. The third-order valence-electron chi connectivity index (χ3n) is 5.00. The molecule has 4 nitrogen and oxygen atoms in total. The molecule has 1 aliphatic heterocycles. The molecular formula is C19H21ClN2O2S. The lowest BCUT2D eigenvalue weighted by molar-refractivity contribution is -0.130. The highest BCUT2D eigenvalue weighted by molar-refractivity contribution is 7.19. The van der Waals surface area contributed by atoms with Crippen molar-refractivity contribution in [2.45, 2.75) is 31.8 Å². The first-order valence-corrected chi connectivity index (χ1v) is 10.1. The van der Waals surface area contributed by atoms with E-state index < -0.39 is 0 Å². The van der Waals surface area contributed by atoms with Gasteiger partial charge in [-0.05, 0) is 30.4 Å². The van der Waals surface area contributed by atoms with Crippen LogP contribution in [0.5, 0.6) is 0 Å². The van der Waals surface area contributed by atoms with Gasteiger partial charge in [0.25, 0.3) is 0 Å². The summed E-state index contributed by atoms with van der Waals surface area (Å²) in [5, 5.41) is 1.21. The highest BCUT2D eigenvalue weighted by Crippen LogP contribution is 2.33. The fourth-order valence-electron chi connectivity index (χ4n) is 3.62. The van der Waals surface area contributed by atoms with Gasteiger partial charge >= 0.3 is 0 Å². The number of nitrogens with zero attached hydrogens (tertiary/aromatic N) is 2. The minimum absolute atomic E-state index is 0.0160. The van der Waals surface area contributed by atoms with E-state index in [1.54, 1.807) is 11.3 Å². The number of fused-ring (bicyclic) bond motifs is 1. The summed E-state index contributed by atoms with van der Waals surface area (Å²) >= 11 is 7.54. The first-order valence-electron chi connectivity index (χ1n) is 8.74. The van der Waals surface area contributed by atoms with Crippen molar-refractivity contribution in [1.82, 2.24) is 9.80 Å². The van der Waals surface area contributed by atoms with Gasteiger partial charge in [0, 0.05) is 41.0 Å². The van der Waals surface area contributed by atoms with Crippen LogP contribution in [0.25, 0.3) is 10.1 Å². The second-order valence-corrected chi connectivity index (χ2v) is 8.44. The molecule has 2 aromatic rings. The Bertz CT molecular complexity index is 769. The van der Waals surface area contributed by atoms with Gasteiger partial charge < -0.3 is 9.80 Å². The first kappa shape index (κ1) is 16.9. The average Bonchev–Trinajstić information content (AvgIpc) is 3.26. The number of carbonyl (C=O) groups is 2. The quantitative estimate of drug-likeness (QED) is 0.724. The van der Waals surface area contributed by atoms with Crippen molar-refractivity contribution in [3.8, 4) is 0 Å². The zero-order chi connectivity index (χ0) is 17.4. The Kier molecular flexibility index (Phi) is 4.69. The molecule has 25 heavy (non-hydrogen) atoms. The highest BCUT2D eigenvalue weighted by atomic mass is 35.5. The molecule has 0 spiro atoms. The molecule has 0 N–H and O–H groups in total. The number of rotatable bonds is 6. The van der Waals surface area contributed by atoms with Gasteiger partial charge in [0.05, 0.1) is 6.54 Å². The molecule has 2 fully saturated rings. The van der Waals surface area contributed by atoms with Crippen molar-refractivity contribution in [1.29, 1.82) is 0 Å². The Balaban J connectivity index is 1.46. The van der Waals surface area contributed by atoms with Gasteiger partial charge in [0.15, 0.2) is 0 Å². The molecule has 4 rings (SSSR count). The Morgan fingerprint density at radius 2 is 2.12 bits per heavy atom.